The molecule has 0 amide bonds. The summed E-state index contributed by atoms with van der Waals surface area (Å²) < 4.78 is 7.08. The van der Waals surface area contributed by atoms with Crippen molar-refractivity contribution >= 4 is 72.1 Å². The highest BCUT2D eigenvalue weighted by Crippen LogP contribution is 2.45. The Kier molecular flexibility index (Phi) is 25.4. The molecule has 0 N–H and O–H groups in total. The number of fused-ring (bicyclic) bond motifs is 3. The molecule has 6 aromatic carbocycles. The highest BCUT2D eigenvalue weighted by Gasteiger charge is 2.35. The second kappa shape index (κ2) is 33.8. The minimum atomic E-state index is -1.40. The first-order valence-corrected chi connectivity index (χ1v) is 49.0. The Morgan fingerprint density at radius 2 is 0.600 bits per heavy atom. The van der Waals surface area contributed by atoms with Gasteiger partial charge in [-0.05, 0) is 200 Å². The van der Waals surface area contributed by atoms with Gasteiger partial charge in [-0.3, -0.25) is 0 Å². The molecule has 9 aromatic rings. The molecular formula is C94H132N3Si3+3. The summed E-state index contributed by atoms with van der Waals surface area (Å²) in [5.74, 6) is 2.96. The van der Waals surface area contributed by atoms with Crippen molar-refractivity contribution in [1.29, 1.82) is 0 Å². The molecule has 13 rings (SSSR count). The molecule has 4 aliphatic rings. The SMILES string of the molecule is CC[Si](CC)(CC)c1ccc2c(-c3cc(C4CCCCC4)cc(C)c3C)[n+](C)ccc2c1.CC[Si](CC)(CC)c1ccc2c(-c3cc(C4CCCCC4)cc(C4CCCCC4)c3C)[n+](C)ccc2c1.CC[Si](CC)(CC)c1ccc2c(-c3cc(C4CCCCC4)ccc3C)[n+](C)ccc2c1. The van der Waals surface area contributed by atoms with Crippen LogP contribution in [-0.2, 0) is 21.1 Å². The third-order valence-electron chi connectivity index (χ3n) is 27.8. The molecule has 0 bridgehead atoms. The maximum atomic E-state index is 2.66. The predicted octanol–water partition coefficient (Wildman–Crippen LogP) is 24.6. The molecule has 3 nitrogen and oxygen atoms in total. The van der Waals surface area contributed by atoms with Gasteiger partial charge in [0.05, 0.1) is 51.5 Å². The van der Waals surface area contributed by atoms with E-state index in [1.807, 2.05) is 0 Å². The summed E-state index contributed by atoms with van der Waals surface area (Å²) in [5.41, 5.74) is 20.7. The van der Waals surface area contributed by atoms with Gasteiger partial charge in [0.15, 0.2) is 18.6 Å². The van der Waals surface area contributed by atoms with E-state index in [4.69, 9.17) is 0 Å². The van der Waals surface area contributed by atoms with Gasteiger partial charge in [0.1, 0.15) is 21.1 Å². The maximum absolute atomic E-state index is 2.66. The molecule has 100 heavy (non-hydrogen) atoms. The molecule has 532 valence electrons. The average molecular weight is 1390 g/mol. The van der Waals surface area contributed by atoms with E-state index in [-0.39, 0.29) is 0 Å². The first kappa shape index (κ1) is 75.4. The standard InChI is InChI=1S/C35H50NSi.C30H42NSi.C29H40NSi/c1-6-37(7-2,8-3)31-19-20-32-29(23-31)21-22-36(5)35(32)34-25-30(27-15-11-9-12-16-27)24-33(26(34)4)28-17-13-10-14-18-28;1-7-32(8-2,9-3)27-15-16-28-25(20-27)17-18-31(6)30(28)29-21-26(19-22(4)23(29)5)24-13-11-10-12-14-24;1-6-31(7-2,8-3)26-16-17-27-25(20-26)18-19-30(5)29(27)28-21-24(15-14-22(28)4)23-12-10-9-11-13-23/h19-25,27-28H,6-18H2,1-5H3;15-21,24H,7-14H2,1-6H3;14-21,23H,6-13H2,1-5H3/q3*+1. The molecular weight excluding hydrogens is 1260 g/mol. The van der Waals surface area contributed by atoms with Crippen molar-refractivity contribution in [1.82, 2.24) is 0 Å². The smallest absolute Gasteiger partial charge is 0.200 e. The largest absolute Gasteiger partial charge is 0.220 e. The number of aromatic nitrogens is 3. The zero-order chi connectivity index (χ0) is 70.9. The van der Waals surface area contributed by atoms with E-state index >= 15 is 0 Å². The lowest BCUT2D eigenvalue weighted by molar-refractivity contribution is -0.659. The van der Waals surface area contributed by atoms with Crippen LogP contribution < -0.4 is 29.3 Å². The minimum absolute atomic E-state index is 0.735. The van der Waals surface area contributed by atoms with Gasteiger partial charge in [0.2, 0.25) is 17.1 Å². The van der Waals surface area contributed by atoms with Crippen LogP contribution >= 0.6 is 0 Å². The quantitative estimate of drug-likeness (QED) is 0.0565. The Labute approximate surface area is 611 Å². The molecule has 0 unspecified atom stereocenters. The maximum Gasteiger partial charge on any atom is 0.220 e. The van der Waals surface area contributed by atoms with E-state index in [0.717, 1.165) is 23.7 Å². The van der Waals surface area contributed by atoms with Gasteiger partial charge in [-0.25, -0.2) is 13.7 Å². The topological polar surface area (TPSA) is 11.6 Å². The summed E-state index contributed by atoms with van der Waals surface area (Å²) in [6.45, 7) is 31.0. The Hall–Kier alpha value is -5.80. The number of hydrogen-bond acceptors (Lipinski definition) is 0. The lowest BCUT2D eigenvalue weighted by Gasteiger charge is -2.29. The molecule has 6 heteroatoms. The first-order chi connectivity index (χ1) is 48.5. The zero-order valence-corrected chi connectivity index (χ0v) is 68.9. The van der Waals surface area contributed by atoms with Gasteiger partial charge in [-0.2, -0.15) is 0 Å². The van der Waals surface area contributed by atoms with Crippen molar-refractivity contribution in [3.05, 3.63) is 178 Å². The van der Waals surface area contributed by atoms with Crippen LogP contribution in [0.25, 0.3) is 66.1 Å². The zero-order valence-electron chi connectivity index (χ0n) is 65.9. The molecule has 3 aromatic heterocycles. The van der Waals surface area contributed by atoms with Crippen LogP contribution in [0.2, 0.25) is 54.4 Å². The summed E-state index contributed by atoms with van der Waals surface area (Å²) in [4.78, 5) is 0. The number of aryl methyl sites for hydroxylation is 5. The second-order valence-corrected chi connectivity index (χ2v) is 48.2. The highest BCUT2D eigenvalue weighted by molar-refractivity contribution is 6.92. The van der Waals surface area contributed by atoms with Crippen molar-refractivity contribution in [2.75, 3.05) is 0 Å². The number of benzene rings is 6. The van der Waals surface area contributed by atoms with E-state index in [1.54, 1.807) is 37.8 Å². The summed E-state index contributed by atoms with van der Waals surface area (Å²) in [5, 5.41) is 13.4. The molecule has 0 atom stereocenters. The third kappa shape index (κ3) is 15.5. The fourth-order valence-electron chi connectivity index (χ4n) is 20.1. The Bertz CT molecular complexity index is 4230. The predicted molar refractivity (Wildman–Crippen MR) is 444 cm³/mol. The van der Waals surface area contributed by atoms with Crippen molar-refractivity contribution in [2.45, 2.75) is 296 Å². The highest BCUT2D eigenvalue weighted by atomic mass is 28.3. The molecule has 0 saturated heterocycles. The lowest BCUT2D eigenvalue weighted by Crippen LogP contribution is -2.45. The van der Waals surface area contributed by atoms with Gasteiger partial charge in [0.25, 0.3) is 0 Å². The summed E-state index contributed by atoms with van der Waals surface area (Å²) in [6, 6.07) is 59.0. The fraction of sp³-hybridized carbons (Fsp3) is 0.521. The Morgan fingerprint density at radius 3 is 0.960 bits per heavy atom. The molecule has 0 spiro atoms. The van der Waals surface area contributed by atoms with Crippen molar-refractivity contribution in [3.63, 3.8) is 0 Å². The second-order valence-electron chi connectivity index (χ2n) is 32.5. The van der Waals surface area contributed by atoms with Crippen molar-refractivity contribution in [2.24, 2.45) is 21.1 Å². The Morgan fingerprint density at radius 1 is 0.290 bits per heavy atom. The van der Waals surface area contributed by atoms with Crippen LogP contribution in [0.1, 0.15) is 259 Å². The summed E-state index contributed by atoms with van der Waals surface area (Å²) >= 11 is 0. The monoisotopic (exact) mass is 1390 g/mol. The number of nitrogens with zero attached hydrogens (tertiary/aromatic N) is 3. The minimum Gasteiger partial charge on any atom is -0.200 e. The van der Waals surface area contributed by atoms with Crippen LogP contribution in [0.4, 0.5) is 0 Å². The van der Waals surface area contributed by atoms with E-state index < -0.39 is 24.2 Å². The van der Waals surface area contributed by atoms with Gasteiger partial charge in [-0.15, -0.1) is 0 Å². The normalized spacial score (nSPS) is 16.4. The fourth-order valence-corrected chi connectivity index (χ4v) is 31.0. The van der Waals surface area contributed by atoms with Crippen LogP contribution in [0.3, 0.4) is 0 Å². The van der Waals surface area contributed by atoms with Crippen LogP contribution in [0.15, 0.2) is 134 Å². The third-order valence-corrected chi connectivity index (χ3v) is 44.6. The number of rotatable bonds is 19. The lowest BCUT2D eigenvalue weighted by atomic mass is 9.76. The van der Waals surface area contributed by atoms with Crippen molar-refractivity contribution in [3.8, 4) is 33.8 Å². The van der Waals surface area contributed by atoms with Gasteiger partial charge in [0, 0.05) is 23.8 Å². The van der Waals surface area contributed by atoms with Crippen LogP contribution in [0.5, 0.6) is 0 Å². The van der Waals surface area contributed by atoms with E-state index in [9.17, 15) is 0 Å². The van der Waals surface area contributed by atoms with Crippen LogP contribution in [-0.4, -0.2) is 24.2 Å². The molecule has 0 aliphatic heterocycles. The molecule has 4 saturated carbocycles. The first-order valence-electron chi connectivity index (χ1n) is 41.1. The van der Waals surface area contributed by atoms with Gasteiger partial charge >= 0.3 is 0 Å². The van der Waals surface area contributed by atoms with E-state index in [0.29, 0.717) is 0 Å². The molecule has 3 heterocycles. The van der Waals surface area contributed by atoms with Gasteiger partial charge in [-0.1, -0.05) is 270 Å². The van der Waals surface area contributed by atoms with E-state index in [2.05, 4.69) is 259 Å². The van der Waals surface area contributed by atoms with E-state index in [1.165, 1.54) is 271 Å². The molecule has 4 aliphatic carbocycles. The molecule has 4 fully saturated rings. The summed E-state index contributed by atoms with van der Waals surface area (Å²) in [7, 11) is 2.53. The van der Waals surface area contributed by atoms with Crippen LogP contribution in [0, 0.1) is 27.7 Å². The Balaban J connectivity index is 0.000000152. The molecule has 0 radical (unpaired) electrons. The number of pyridine rings is 3. The average Bonchev–Trinajstić information content (AvgIpc) is 0.764. The van der Waals surface area contributed by atoms with Gasteiger partial charge < -0.3 is 0 Å². The number of hydrogen-bond donors (Lipinski definition) is 0. The van der Waals surface area contributed by atoms with Crippen molar-refractivity contribution < 1.29 is 13.7 Å². The summed E-state index contributed by atoms with van der Waals surface area (Å²) in [6.07, 6.45) is 34.5.